The number of methoxy groups -OCH3 is 2. The van der Waals surface area contributed by atoms with Crippen molar-refractivity contribution in [1.29, 1.82) is 0 Å². The van der Waals surface area contributed by atoms with Gasteiger partial charge in [0.15, 0.2) is 11.5 Å². The summed E-state index contributed by atoms with van der Waals surface area (Å²) in [7, 11) is 3.25. The van der Waals surface area contributed by atoms with Gasteiger partial charge in [-0.05, 0) is 46.3 Å². The number of benzene rings is 1. The Labute approximate surface area is 124 Å². The molecule has 0 aliphatic heterocycles. The predicted octanol–water partition coefficient (Wildman–Crippen LogP) is 4.01. The van der Waals surface area contributed by atoms with Gasteiger partial charge in [0, 0.05) is 11.8 Å². The molecule has 102 valence electrons. The first-order valence-electron chi connectivity index (χ1n) is 6.09. The fourth-order valence-electron chi connectivity index (χ4n) is 2.18. The molecule has 0 atom stereocenters. The molecule has 0 saturated heterocycles. The van der Waals surface area contributed by atoms with Crippen molar-refractivity contribution < 1.29 is 9.47 Å². The quantitative estimate of drug-likeness (QED) is 0.788. The summed E-state index contributed by atoms with van der Waals surface area (Å²) in [5, 5.41) is 0. The molecule has 3 aromatic rings. The number of nitrogens with zero attached hydrogens (tertiary/aromatic N) is 1. The molecule has 0 radical (unpaired) electrons. The topological polar surface area (TPSA) is 47.1 Å². The maximum absolute atomic E-state index is 5.34. The number of ether oxygens (including phenoxy) is 2. The van der Waals surface area contributed by atoms with Gasteiger partial charge in [-0.3, -0.25) is 4.98 Å². The molecule has 20 heavy (non-hydrogen) atoms. The van der Waals surface area contributed by atoms with Crippen LogP contribution in [0.1, 0.15) is 0 Å². The molecule has 1 N–H and O–H groups in total. The van der Waals surface area contributed by atoms with Gasteiger partial charge in [0.05, 0.1) is 29.9 Å². The van der Waals surface area contributed by atoms with Gasteiger partial charge in [0.25, 0.3) is 0 Å². The average molecular weight is 333 g/mol. The number of pyridine rings is 1. The highest BCUT2D eigenvalue weighted by molar-refractivity contribution is 9.10. The standard InChI is InChI=1S/C15H13BrN2O2/c1-19-11-6-5-9(8-12(11)20-2)14-13(16)15-10(18-14)4-3-7-17-15/h3-8,18H,1-2H3. The first kappa shape index (κ1) is 13.0. The number of aromatic nitrogens is 2. The Morgan fingerprint density at radius 2 is 1.90 bits per heavy atom. The van der Waals surface area contributed by atoms with E-state index < -0.39 is 0 Å². The molecule has 0 amide bonds. The Bertz CT molecular complexity index is 768. The lowest BCUT2D eigenvalue weighted by atomic mass is 10.1. The van der Waals surface area contributed by atoms with Crippen molar-refractivity contribution in [1.82, 2.24) is 9.97 Å². The van der Waals surface area contributed by atoms with Crippen molar-refractivity contribution in [3.63, 3.8) is 0 Å². The van der Waals surface area contributed by atoms with Gasteiger partial charge >= 0.3 is 0 Å². The average Bonchev–Trinajstić information content (AvgIpc) is 2.84. The second-order valence-electron chi connectivity index (χ2n) is 4.28. The molecule has 0 aliphatic rings. The van der Waals surface area contributed by atoms with Crippen LogP contribution in [0.15, 0.2) is 41.0 Å². The Hall–Kier alpha value is -2.01. The summed E-state index contributed by atoms with van der Waals surface area (Å²) in [6.45, 7) is 0. The normalized spacial score (nSPS) is 10.8. The minimum Gasteiger partial charge on any atom is -0.493 e. The van der Waals surface area contributed by atoms with Crippen molar-refractivity contribution in [2.45, 2.75) is 0 Å². The third-order valence-corrected chi connectivity index (χ3v) is 3.94. The lowest BCUT2D eigenvalue weighted by Crippen LogP contribution is -1.91. The number of rotatable bonds is 3. The van der Waals surface area contributed by atoms with Gasteiger partial charge in [-0.15, -0.1) is 0 Å². The van der Waals surface area contributed by atoms with Crippen LogP contribution in [-0.2, 0) is 0 Å². The van der Waals surface area contributed by atoms with E-state index in [0.29, 0.717) is 11.5 Å². The number of H-pyrrole nitrogens is 1. The molecular formula is C15H13BrN2O2. The highest BCUT2D eigenvalue weighted by Gasteiger charge is 2.13. The Balaban J connectivity index is 2.18. The largest absolute Gasteiger partial charge is 0.493 e. The molecule has 0 fully saturated rings. The van der Waals surface area contributed by atoms with E-state index in [1.165, 1.54) is 0 Å². The smallest absolute Gasteiger partial charge is 0.161 e. The molecule has 0 unspecified atom stereocenters. The fraction of sp³-hybridized carbons (Fsp3) is 0.133. The molecular weight excluding hydrogens is 320 g/mol. The summed E-state index contributed by atoms with van der Waals surface area (Å²) in [6.07, 6.45) is 1.78. The number of fused-ring (bicyclic) bond motifs is 1. The monoisotopic (exact) mass is 332 g/mol. The van der Waals surface area contributed by atoms with Crippen LogP contribution in [0.25, 0.3) is 22.3 Å². The van der Waals surface area contributed by atoms with E-state index in [-0.39, 0.29) is 0 Å². The van der Waals surface area contributed by atoms with E-state index in [4.69, 9.17) is 9.47 Å². The van der Waals surface area contributed by atoms with E-state index in [1.54, 1.807) is 20.4 Å². The fourth-order valence-corrected chi connectivity index (χ4v) is 2.82. The molecule has 0 spiro atoms. The van der Waals surface area contributed by atoms with Crippen LogP contribution in [0.2, 0.25) is 0 Å². The summed E-state index contributed by atoms with van der Waals surface area (Å²) in [5.74, 6) is 1.41. The van der Waals surface area contributed by atoms with Gasteiger partial charge < -0.3 is 14.5 Å². The minimum absolute atomic E-state index is 0.698. The maximum atomic E-state index is 5.34. The molecule has 0 aliphatic carbocycles. The Kier molecular flexibility index (Phi) is 3.36. The highest BCUT2D eigenvalue weighted by Crippen LogP contribution is 2.37. The van der Waals surface area contributed by atoms with Crippen LogP contribution in [0, 0.1) is 0 Å². The van der Waals surface area contributed by atoms with Crippen LogP contribution < -0.4 is 9.47 Å². The van der Waals surface area contributed by atoms with Crippen molar-refractivity contribution in [3.8, 4) is 22.8 Å². The summed E-state index contributed by atoms with van der Waals surface area (Å²) in [5.41, 5.74) is 3.88. The van der Waals surface area contributed by atoms with E-state index in [2.05, 4.69) is 25.9 Å². The summed E-state index contributed by atoms with van der Waals surface area (Å²) in [6, 6.07) is 9.71. The van der Waals surface area contributed by atoms with Gasteiger partial charge in [0.2, 0.25) is 0 Å². The third-order valence-electron chi connectivity index (χ3n) is 3.17. The number of aromatic amines is 1. The van der Waals surface area contributed by atoms with Crippen molar-refractivity contribution in [2.75, 3.05) is 14.2 Å². The van der Waals surface area contributed by atoms with Crippen LogP contribution in [0.5, 0.6) is 11.5 Å². The first-order valence-corrected chi connectivity index (χ1v) is 6.88. The number of halogens is 1. The summed E-state index contributed by atoms with van der Waals surface area (Å²) in [4.78, 5) is 7.73. The van der Waals surface area contributed by atoms with Crippen molar-refractivity contribution in [2.24, 2.45) is 0 Å². The molecule has 1 aromatic carbocycles. The Morgan fingerprint density at radius 1 is 1.10 bits per heavy atom. The highest BCUT2D eigenvalue weighted by atomic mass is 79.9. The molecule has 5 heteroatoms. The first-order chi connectivity index (χ1) is 9.74. The molecule has 2 heterocycles. The number of hydrogen-bond acceptors (Lipinski definition) is 3. The van der Waals surface area contributed by atoms with Gasteiger partial charge in [-0.2, -0.15) is 0 Å². The molecule has 4 nitrogen and oxygen atoms in total. The van der Waals surface area contributed by atoms with E-state index >= 15 is 0 Å². The second kappa shape index (κ2) is 5.17. The Morgan fingerprint density at radius 3 is 2.60 bits per heavy atom. The predicted molar refractivity (Wildman–Crippen MR) is 82.3 cm³/mol. The van der Waals surface area contributed by atoms with Crippen LogP contribution >= 0.6 is 15.9 Å². The van der Waals surface area contributed by atoms with Crippen LogP contribution in [-0.4, -0.2) is 24.2 Å². The summed E-state index contributed by atoms with van der Waals surface area (Å²) >= 11 is 3.60. The van der Waals surface area contributed by atoms with Crippen LogP contribution in [0.3, 0.4) is 0 Å². The molecule has 0 bridgehead atoms. The number of nitrogens with one attached hydrogen (secondary N) is 1. The number of hydrogen-bond donors (Lipinski definition) is 1. The maximum Gasteiger partial charge on any atom is 0.161 e. The van der Waals surface area contributed by atoms with Gasteiger partial charge in [-0.1, -0.05) is 0 Å². The van der Waals surface area contributed by atoms with Gasteiger partial charge in [-0.25, -0.2) is 0 Å². The zero-order valence-corrected chi connectivity index (χ0v) is 12.7. The lowest BCUT2D eigenvalue weighted by molar-refractivity contribution is 0.355. The molecule has 0 saturated carbocycles. The third kappa shape index (κ3) is 2.04. The zero-order chi connectivity index (χ0) is 14.1. The second-order valence-corrected chi connectivity index (χ2v) is 5.08. The van der Waals surface area contributed by atoms with Gasteiger partial charge in [0.1, 0.15) is 5.52 Å². The summed E-state index contributed by atoms with van der Waals surface area (Å²) < 4.78 is 11.5. The molecule has 2 aromatic heterocycles. The van der Waals surface area contributed by atoms with Crippen molar-refractivity contribution >= 4 is 27.0 Å². The van der Waals surface area contributed by atoms with Crippen LogP contribution in [0.4, 0.5) is 0 Å². The van der Waals surface area contributed by atoms with E-state index in [1.807, 2.05) is 30.3 Å². The van der Waals surface area contributed by atoms with Crippen molar-refractivity contribution in [3.05, 3.63) is 41.0 Å². The lowest BCUT2D eigenvalue weighted by Gasteiger charge is -2.09. The van der Waals surface area contributed by atoms with E-state index in [0.717, 1.165) is 26.8 Å². The minimum atomic E-state index is 0.698. The molecule has 3 rings (SSSR count). The van der Waals surface area contributed by atoms with E-state index in [9.17, 15) is 0 Å². The SMILES string of the molecule is COc1ccc(-c2[nH]c3cccnc3c2Br)cc1OC. The zero-order valence-electron chi connectivity index (χ0n) is 11.1.